The third-order valence-corrected chi connectivity index (χ3v) is 6.07. The van der Waals surface area contributed by atoms with Gasteiger partial charge in [0.15, 0.2) is 0 Å². The second-order valence-corrected chi connectivity index (χ2v) is 8.00. The van der Waals surface area contributed by atoms with Crippen LogP contribution in [0.2, 0.25) is 0 Å². The fourth-order valence-corrected chi connectivity index (χ4v) is 4.41. The van der Waals surface area contributed by atoms with Crippen molar-refractivity contribution in [2.45, 2.75) is 50.7 Å². The van der Waals surface area contributed by atoms with Crippen molar-refractivity contribution >= 4 is 5.97 Å². The third-order valence-electron chi connectivity index (χ3n) is 6.07. The Morgan fingerprint density at radius 1 is 1.11 bits per heavy atom. The van der Waals surface area contributed by atoms with Crippen molar-refractivity contribution in [3.8, 4) is 0 Å². The highest BCUT2D eigenvalue weighted by Crippen LogP contribution is 2.38. The van der Waals surface area contributed by atoms with Gasteiger partial charge in [0.2, 0.25) is 0 Å². The summed E-state index contributed by atoms with van der Waals surface area (Å²) < 4.78 is 44.1. The molecule has 2 saturated heterocycles. The molecule has 156 valence electrons. The van der Waals surface area contributed by atoms with Gasteiger partial charge in [-0.3, -0.25) is 9.69 Å². The van der Waals surface area contributed by atoms with E-state index in [2.05, 4.69) is 4.90 Å². The number of halogens is 3. The number of carboxylic acid groups (broad SMARTS) is 1. The van der Waals surface area contributed by atoms with Crippen LogP contribution >= 0.6 is 0 Å². The molecule has 0 amide bonds. The van der Waals surface area contributed by atoms with Crippen LogP contribution in [-0.2, 0) is 15.7 Å². The molecule has 0 aliphatic carbocycles. The SMILES string of the molecule is O=C(O)C[C@@H]1CCN(CCC2CCOCC2)C(c2ccc(C(F)(F)F)cc2)C1. The first-order valence-electron chi connectivity index (χ1n) is 10.0. The Bertz CT molecular complexity index is 641. The number of carbonyl (C=O) groups is 1. The van der Waals surface area contributed by atoms with Crippen LogP contribution < -0.4 is 0 Å². The number of alkyl halides is 3. The second kappa shape index (κ2) is 9.27. The topological polar surface area (TPSA) is 49.8 Å². The molecule has 0 radical (unpaired) electrons. The summed E-state index contributed by atoms with van der Waals surface area (Å²) in [5, 5.41) is 9.14. The minimum Gasteiger partial charge on any atom is -0.481 e. The summed E-state index contributed by atoms with van der Waals surface area (Å²) in [6.07, 6.45) is 0.415. The van der Waals surface area contributed by atoms with Gasteiger partial charge >= 0.3 is 12.1 Å². The molecule has 0 aromatic heterocycles. The van der Waals surface area contributed by atoms with Crippen LogP contribution in [0.3, 0.4) is 0 Å². The number of piperidine rings is 1. The molecule has 4 nitrogen and oxygen atoms in total. The van der Waals surface area contributed by atoms with Gasteiger partial charge in [-0.05, 0) is 74.7 Å². The quantitative estimate of drug-likeness (QED) is 0.750. The first kappa shape index (κ1) is 21.1. The molecule has 2 aliphatic rings. The highest BCUT2D eigenvalue weighted by molar-refractivity contribution is 5.67. The van der Waals surface area contributed by atoms with Gasteiger partial charge in [-0.25, -0.2) is 0 Å². The molecule has 0 bridgehead atoms. The average molecular weight is 399 g/mol. The molecule has 1 aromatic carbocycles. The fourth-order valence-electron chi connectivity index (χ4n) is 4.41. The molecule has 0 saturated carbocycles. The van der Waals surface area contributed by atoms with E-state index in [0.29, 0.717) is 12.3 Å². The Morgan fingerprint density at radius 2 is 1.79 bits per heavy atom. The van der Waals surface area contributed by atoms with E-state index in [9.17, 15) is 18.0 Å². The van der Waals surface area contributed by atoms with Gasteiger partial charge < -0.3 is 9.84 Å². The van der Waals surface area contributed by atoms with Crippen LogP contribution in [0, 0.1) is 11.8 Å². The van der Waals surface area contributed by atoms with Gasteiger partial charge in [-0.15, -0.1) is 0 Å². The third kappa shape index (κ3) is 5.70. The minimum absolute atomic E-state index is 0.0276. The van der Waals surface area contributed by atoms with Crippen molar-refractivity contribution < 1.29 is 27.8 Å². The van der Waals surface area contributed by atoms with Crippen LogP contribution in [0.5, 0.6) is 0 Å². The van der Waals surface area contributed by atoms with Crippen molar-refractivity contribution in [1.29, 1.82) is 0 Å². The molecule has 3 rings (SSSR count). The van der Waals surface area contributed by atoms with Gasteiger partial charge in [0, 0.05) is 25.7 Å². The van der Waals surface area contributed by atoms with Crippen molar-refractivity contribution in [2.24, 2.45) is 11.8 Å². The summed E-state index contributed by atoms with van der Waals surface area (Å²) in [6.45, 7) is 3.27. The highest BCUT2D eigenvalue weighted by atomic mass is 19.4. The molecule has 2 heterocycles. The van der Waals surface area contributed by atoms with Crippen LogP contribution in [0.25, 0.3) is 0 Å². The first-order chi connectivity index (χ1) is 13.3. The minimum atomic E-state index is -4.35. The zero-order valence-corrected chi connectivity index (χ0v) is 16.0. The van der Waals surface area contributed by atoms with E-state index in [0.717, 1.165) is 69.7 Å². The fraction of sp³-hybridized carbons (Fsp3) is 0.667. The van der Waals surface area contributed by atoms with Crippen LogP contribution in [0.15, 0.2) is 24.3 Å². The van der Waals surface area contributed by atoms with E-state index < -0.39 is 17.7 Å². The van der Waals surface area contributed by atoms with Gasteiger partial charge in [0.1, 0.15) is 0 Å². The maximum atomic E-state index is 12.9. The summed E-state index contributed by atoms with van der Waals surface area (Å²) >= 11 is 0. The normalized spacial score (nSPS) is 25.0. The summed E-state index contributed by atoms with van der Waals surface area (Å²) in [5.74, 6) is -0.130. The summed E-state index contributed by atoms with van der Waals surface area (Å²) in [5.41, 5.74) is 0.193. The molecule has 1 N–H and O–H groups in total. The van der Waals surface area contributed by atoms with E-state index in [1.54, 1.807) is 12.1 Å². The van der Waals surface area contributed by atoms with E-state index >= 15 is 0 Å². The van der Waals surface area contributed by atoms with Crippen LogP contribution in [-0.4, -0.2) is 42.3 Å². The monoisotopic (exact) mass is 399 g/mol. The molecular formula is C21H28F3NO3. The Labute approximate surface area is 163 Å². The molecule has 2 fully saturated rings. The summed E-state index contributed by atoms with van der Waals surface area (Å²) in [4.78, 5) is 13.5. The molecule has 1 aromatic rings. The van der Waals surface area contributed by atoms with Gasteiger partial charge in [0.05, 0.1) is 5.56 Å². The number of rotatable bonds is 6. The van der Waals surface area contributed by atoms with Gasteiger partial charge in [-0.2, -0.15) is 13.2 Å². The highest BCUT2D eigenvalue weighted by Gasteiger charge is 2.33. The van der Waals surface area contributed by atoms with E-state index in [-0.39, 0.29) is 18.4 Å². The zero-order chi connectivity index (χ0) is 20.1. The lowest BCUT2D eigenvalue weighted by atomic mass is 9.84. The largest absolute Gasteiger partial charge is 0.481 e. The molecule has 28 heavy (non-hydrogen) atoms. The smallest absolute Gasteiger partial charge is 0.416 e. The van der Waals surface area contributed by atoms with E-state index in [1.807, 2.05) is 0 Å². The molecule has 2 atom stereocenters. The number of nitrogens with zero attached hydrogens (tertiary/aromatic N) is 1. The Balaban J connectivity index is 1.70. The predicted molar refractivity (Wildman–Crippen MR) is 98.9 cm³/mol. The second-order valence-electron chi connectivity index (χ2n) is 8.00. The van der Waals surface area contributed by atoms with Crippen LogP contribution in [0.1, 0.15) is 55.7 Å². The number of hydrogen-bond acceptors (Lipinski definition) is 3. The van der Waals surface area contributed by atoms with Crippen molar-refractivity contribution in [2.75, 3.05) is 26.3 Å². The number of benzene rings is 1. The van der Waals surface area contributed by atoms with Gasteiger partial charge in [-0.1, -0.05) is 12.1 Å². The van der Waals surface area contributed by atoms with E-state index in [4.69, 9.17) is 9.84 Å². The number of ether oxygens (including phenoxy) is 1. The van der Waals surface area contributed by atoms with Crippen molar-refractivity contribution in [3.05, 3.63) is 35.4 Å². The lowest BCUT2D eigenvalue weighted by molar-refractivity contribution is -0.139. The average Bonchev–Trinajstić information content (AvgIpc) is 2.67. The van der Waals surface area contributed by atoms with Crippen molar-refractivity contribution in [3.63, 3.8) is 0 Å². The Hall–Kier alpha value is -1.60. The summed E-state index contributed by atoms with van der Waals surface area (Å²) in [7, 11) is 0. The standard InChI is InChI=1S/C21H28F3NO3/c22-21(23,24)18-3-1-17(2-4-18)19-13-16(14-20(26)27)6-10-25(19)9-5-15-7-11-28-12-8-15/h1-4,15-16,19H,5-14H2,(H,26,27)/t16-,19?/m1/s1. The Kier molecular flexibility index (Phi) is 6.99. The Morgan fingerprint density at radius 3 is 2.39 bits per heavy atom. The molecule has 0 spiro atoms. The van der Waals surface area contributed by atoms with Gasteiger partial charge in [0.25, 0.3) is 0 Å². The number of hydrogen-bond donors (Lipinski definition) is 1. The maximum Gasteiger partial charge on any atom is 0.416 e. The first-order valence-corrected chi connectivity index (χ1v) is 10.0. The summed E-state index contributed by atoms with van der Waals surface area (Å²) in [6, 6.07) is 5.34. The molecule has 2 aliphatic heterocycles. The van der Waals surface area contributed by atoms with Crippen molar-refractivity contribution in [1.82, 2.24) is 4.90 Å². The lowest BCUT2D eigenvalue weighted by Crippen LogP contribution is -2.39. The predicted octanol–water partition coefficient (Wildman–Crippen LogP) is 4.75. The maximum absolute atomic E-state index is 12.9. The molecule has 1 unspecified atom stereocenters. The number of aliphatic carboxylic acids is 1. The van der Waals surface area contributed by atoms with Crippen LogP contribution in [0.4, 0.5) is 13.2 Å². The molecule has 7 heteroatoms. The zero-order valence-electron chi connectivity index (χ0n) is 16.0. The molecular weight excluding hydrogens is 371 g/mol. The number of likely N-dealkylation sites (tertiary alicyclic amines) is 1. The lowest BCUT2D eigenvalue weighted by Gasteiger charge is -2.40. The number of carboxylic acids is 1. The van der Waals surface area contributed by atoms with E-state index in [1.165, 1.54) is 0 Å².